The number of hydrogen-bond acceptors (Lipinski definition) is 7. The third-order valence-corrected chi connectivity index (χ3v) is 4.57. The summed E-state index contributed by atoms with van der Waals surface area (Å²) in [5, 5.41) is 7.00. The van der Waals surface area contributed by atoms with E-state index < -0.39 is 5.97 Å². The van der Waals surface area contributed by atoms with Crippen molar-refractivity contribution < 1.29 is 23.8 Å². The van der Waals surface area contributed by atoms with E-state index in [4.69, 9.17) is 14.2 Å². The number of aryl methyl sites for hydroxylation is 1. The fourth-order valence-electron chi connectivity index (χ4n) is 2.91. The lowest BCUT2D eigenvalue weighted by Gasteiger charge is -2.10. The molecule has 0 heterocycles. The van der Waals surface area contributed by atoms with E-state index in [0.717, 1.165) is 11.3 Å². The lowest BCUT2D eigenvalue weighted by atomic mass is 10.2. The summed E-state index contributed by atoms with van der Waals surface area (Å²) >= 11 is 0. The van der Waals surface area contributed by atoms with Gasteiger partial charge in [0, 0.05) is 5.69 Å². The number of esters is 1. The van der Waals surface area contributed by atoms with Crippen LogP contribution in [0.25, 0.3) is 0 Å². The SMILES string of the molecule is COc1cccc(C(=O)Oc2ccc(/C=N\NC(=O)CNc3cccc(C)c3)cc2OC)c1. The number of hydrazone groups is 1. The number of ether oxygens (including phenoxy) is 3. The summed E-state index contributed by atoms with van der Waals surface area (Å²) in [6.07, 6.45) is 1.47. The minimum absolute atomic E-state index is 0.0866. The number of nitrogens with one attached hydrogen (secondary N) is 2. The third kappa shape index (κ3) is 6.83. The molecule has 3 rings (SSSR count). The van der Waals surface area contributed by atoms with Crippen LogP contribution in [-0.2, 0) is 4.79 Å². The Labute approximate surface area is 192 Å². The quantitative estimate of drug-likeness (QED) is 0.224. The number of nitrogens with zero attached hydrogens (tertiary/aromatic N) is 1. The van der Waals surface area contributed by atoms with Crippen molar-refractivity contribution >= 4 is 23.8 Å². The van der Waals surface area contributed by atoms with Gasteiger partial charge in [-0.2, -0.15) is 5.10 Å². The second-order valence-corrected chi connectivity index (χ2v) is 7.05. The van der Waals surface area contributed by atoms with Crippen LogP contribution >= 0.6 is 0 Å². The van der Waals surface area contributed by atoms with Gasteiger partial charge < -0.3 is 19.5 Å². The Balaban J connectivity index is 1.57. The van der Waals surface area contributed by atoms with Gasteiger partial charge in [-0.15, -0.1) is 0 Å². The van der Waals surface area contributed by atoms with Gasteiger partial charge in [-0.3, -0.25) is 4.79 Å². The van der Waals surface area contributed by atoms with Gasteiger partial charge in [-0.25, -0.2) is 10.2 Å². The second-order valence-electron chi connectivity index (χ2n) is 7.05. The second kappa shape index (κ2) is 11.3. The van der Waals surface area contributed by atoms with Crippen molar-refractivity contribution in [1.29, 1.82) is 0 Å². The Morgan fingerprint density at radius 3 is 2.52 bits per heavy atom. The van der Waals surface area contributed by atoms with Gasteiger partial charge in [0.1, 0.15) is 5.75 Å². The van der Waals surface area contributed by atoms with Gasteiger partial charge in [-0.1, -0.05) is 18.2 Å². The van der Waals surface area contributed by atoms with Gasteiger partial charge in [0.2, 0.25) is 0 Å². The van der Waals surface area contributed by atoms with Crippen molar-refractivity contribution in [3.63, 3.8) is 0 Å². The first-order chi connectivity index (χ1) is 16.0. The molecule has 2 N–H and O–H groups in total. The number of carbonyl (C=O) groups excluding carboxylic acids is 2. The molecule has 0 bridgehead atoms. The van der Waals surface area contributed by atoms with E-state index in [1.54, 1.807) is 42.5 Å². The highest BCUT2D eigenvalue weighted by atomic mass is 16.6. The minimum Gasteiger partial charge on any atom is -0.497 e. The van der Waals surface area contributed by atoms with Crippen molar-refractivity contribution in [3.05, 3.63) is 83.4 Å². The molecule has 3 aromatic carbocycles. The highest BCUT2D eigenvalue weighted by Gasteiger charge is 2.13. The lowest BCUT2D eigenvalue weighted by molar-refractivity contribution is -0.119. The van der Waals surface area contributed by atoms with Crippen LogP contribution in [0.15, 0.2) is 71.8 Å². The maximum atomic E-state index is 12.5. The highest BCUT2D eigenvalue weighted by molar-refractivity contribution is 5.92. The first-order valence-electron chi connectivity index (χ1n) is 10.1. The van der Waals surface area contributed by atoms with Crippen molar-refractivity contribution in [2.24, 2.45) is 5.10 Å². The molecule has 170 valence electrons. The largest absolute Gasteiger partial charge is 0.497 e. The van der Waals surface area contributed by atoms with Crippen LogP contribution in [-0.4, -0.2) is 38.9 Å². The number of benzene rings is 3. The molecule has 1 amide bonds. The Hall–Kier alpha value is -4.33. The van der Waals surface area contributed by atoms with Crippen LogP contribution in [0.1, 0.15) is 21.5 Å². The van der Waals surface area contributed by atoms with Gasteiger partial charge in [0.15, 0.2) is 11.5 Å². The van der Waals surface area contributed by atoms with Gasteiger partial charge in [-0.05, 0) is 66.6 Å². The molecule has 0 aliphatic heterocycles. The summed E-state index contributed by atoms with van der Waals surface area (Å²) in [5.74, 6) is 0.334. The number of hydrogen-bond donors (Lipinski definition) is 2. The zero-order valence-corrected chi connectivity index (χ0v) is 18.6. The maximum Gasteiger partial charge on any atom is 0.343 e. The fourth-order valence-corrected chi connectivity index (χ4v) is 2.91. The van der Waals surface area contributed by atoms with E-state index in [2.05, 4.69) is 15.8 Å². The molecule has 0 atom stereocenters. The molecule has 0 aliphatic rings. The van der Waals surface area contributed by atoms with Crippen LogP contribution in [0.2, 0.25) is 0 Å². The van der Waals surface area contributed by atoms with E-state index in [1.165, 1.54) is 20.4 Å². The van der Waals surface area contributed by atoms with E-state index >= 15 is 0 Å². The first-order valence-corrected chi connectivity index (χ1v) is 10.1. The monoisotopic (exact) mass is 447 g/mol. The molecular weight excluding hydrogens is 422 g/mol. The molecule has 33 heavy (non-hydrogen) atoms. The number of anilines is 1. The standard InChI is InChI=1S/C25H25N3O5/c1-17-6-4-8-20(12-17)26-16-24(29)28-27-15-18-10-11-22(23(13-18)32-3)33-25(30)19-7-5-9-21(14-19)31-2/h4-15,26H,16H2,1-3H3,(H,28,29)/b27-15-. The Morgan fingerprint density at radius 1 is 0.939 bits per heavy atom. The number of carbonyl (C=O) groups is 2. The molecule has 0 aliphatic carbocycles. The van der Waals surface area contributed by atoms with E-state index in [1.807, 2.05) is 31.2 Å². The van der Waals surface area contributed by atoms with Crippen LogP contribution in [0, 0.1) is 6.92 Å². The average Bonchev–Trinajstić information content (AvgIpc) is 2.83. The van der Waals surface area contributed by atoms with E-state index in [9.17, 15) is 9.59 Å². The predicted molar refractivity (Wildman–Crippen MR) is 126 cm³/mol. The molecule has 0 aromatic heterocycles. The summed E-state index contributed by atoms with van der Waals surface area (Å²) in [6, 6.07) is 19.3. The Morgan fingerprint density at radius 2 is 1.76 bits per heavy atom. The van der Waals surface area contributed by atoms with Gasteiger partial charge >= 0.3 is 5.97 Å². The first kappa shape index (κ1) is 23.3. The third-order valence-electron chi connectivity index (χ3n) is 4.57. The van der Waals surface area contributed by atoms with Gasteiger partial charge in [0.05, 0.1) is 32.5 Å². The van der Waals surface area contributed by atoms with Crippen LogP contribution in [0.5, 0.6) is 17.2 Å². The molecule has 8 heteroatoms. The van der Waals surface area contributed by atoms with E-state index in [-0.39, 0.29) is 18.2 Å². The molecule has 0 unspecified atom stereocenters. The molecule has 8 nitrogen and oxygen atoms in total. The molecule has 0 fully saturated rings. The topological polar surface area (TPSA) is 98.3 Å². The van der Waals surface area contributed by atoms with Crippen molar-refractivity contribution in [2.75, 3.05) is 26.1 Å². The number of rotatable bonds is 9. The van der Waals surface area contributed by atoms with Crippen molar-refractivity contribution in [3.8, 4) is 17.2 Å². The number of amides is 1. The van der Waals surface area contributed by atoms with Crippen molar-refractivity contribution in [1.82, 2.24) is 5.43 Å². The summed E-state index contributed by atoms with van der Waals surface area (Å²) in [7, 11) is 2.99. The summed E-state index contributed by atoms with van der Waals surface area (Å²) in [5.41, 5.74) is 5.43. The lowest BCUT2D eigenvalue weighted by Crippen LogP contribution is -2.25. The van der Waals surface area contributed by atoms with Crippen LogP contribution in [0.4, 0.5) is 5.69 Å². The molecule has 0 spiro atoms. The van der Waals surface area contributed by atoms with Crippen LogP contribution in [0.3, 0.4) is 0 Å². The summed E-state index contributed by atoms with van der Waals surface area (Å²) in [6.45, 7) is 2.07. The zero-order valence-electron chi connectivity index (χ0n) is 18.6. The average molecular weight is 447 g/mol. The Bertz CT molecular complexity index is 1160. The molecular formula is C25H25N3O5. The fraction of sp³-hybridized carbons (Fsp3) is 0.160. The summed E-state index contributed by atoms with van der Waals surface area (Å²) in [4.78, 5) is 24.4. The molecule has 3 aromatic rings. The highest BCUT2D eigenvalue weighted by Crippen LogP contribution is 2.28. The Kier molecular flexibility index (Phi) is 8.02. The van der Waals surface area contributed by atoms with E-state index in [0.29, 0.717) is 22.6 Å². The number of methoxy groups -OCH3 is 2. The molecule has 0 radical (unpaired) electrons. The minimum atomic E-state index is -0.540. The van der Waals surface area contributed by atoms with Crippen LogP contribution < -0.4 is 25.0 Å². The molecule has 0 saturated heterocycles. The molecule has 0 saturated carbocycles. The zero-order chi connectivity index (χ0) is 23.6. The smallest absolute Gasteiger partial charge is 0.343 e. The summed E-state index contributed by atoms with van der Waals surface area (Å²) < 4.78 is 15.9. The maximum absolute atomic E-state index is 12.5. The van der Waals surface area contributed by atoms with Gasteiger partial charge in [0.25, 0.3) is 5.91 Å². The normalized spacial score (nSPS) is 10.5. The van der Waals surface area contributed by atoms with Crippen molar-refractivity contribution in [2.45, 2.75) is 6.92 Å². The predicted octanol–water partition coefficient (Wildman–Crippen LogP) is 3.79.